The van der Waals surface area contributed by atoms with E-state index in [0.717, 1.165) is 0 Å². The van der Waals surface area contributed by atoms with E-state index in [1.54, 1.807) is 0 Å². The Morgan fingerprint density at radius 2 is 1.80 bits per heavy atom. The number of hydrogen-bond acceptors (Lipinski definition) is 4. The summed E-state index contributed by atoms with van der Waals surface area (Å²) in [7, 11) is 0. The summed E-state index contributed by atoms with van der Waals surface area (Å²) in [5, 5.41) is 21.5. The maximum Gasteiger partial charge on any atom is 0.224 e. The topological polar surface area (TPSA) is 89.5 Å². The molecule has 0 aromatic heterocycles. The van der Waals surface area contributed by atoms with Crippen molar-refractivity contribution >= 4 is 17.6 Å². The number of aliphatic carboxylic acids is 1. The van der Waals surface area contributed by atoms with Crippen molar-refractivity contribution in [2.24, 2.45) is 0 Å². The van der Waals surface area contributed by atoms with Crippen molar-refractivity contribution in [2.75, 3.05) is 5.32 Å². The summed E-state index contributed by atoms with van der Waals surface area (Å²) >= 11 is 0. The zero-order valence-corrected chi connectivity index (χ0v) is 7.90. The molecule has 0 radical (unpaired) electrons. The van der Waals surface area contributed by atoms with Crippen molar-refractivity contribution in [3.8, 4) is 5.75 Å². The van der Waals surface area contributed by atoms with Gasteiger partial charge in [0.05, 0.1) is 0 Å². The van der Waals surface area contributed by atoms with E-state index in [-0.39, 0.29) is 18.6 Å². The summed E-state index contributed by atoms with van der Waals surface area (Å²) in [5.41, 5.74) is 0.510. The summed E-state index contributed by atoms with van der Waals surface area (Å²) in [6.07, 6.45) is -0.423. The molecule has 0 aliphatic carbocycles. The molecule has 0 heterocycles. The highest BCUT2D eigenvalue weighted by molar-refractivity contribution is 5.92. The molecule has 0 aliphatic heterocycles. The highest BCUT2D eigenvalue weighted by Crippen LogP contribution is 2.13. The fourth-order valence-electron chi connectivity index (χ4n) is 0.984. The van der Waals surface area contributed by atoms with Crippen LogP contribution in [0.15, 0.2) is 24.3 Å². The fraction of sp³-hybridized carbons (Fsp3) is 0.200. The number of aromatic hydroxyl groups is 1. The predicted octanol–water partition coefficient (Wildman–Crippen LogP) is -0.139. The van der Waals surface area contributed by atoms with Gasteiger partial charge in [-0.3, -0.25) is 4.79 Å². The molecule has 2 N–H and O–H groups in total. The largest absolute Gasteiger partial charge is 0.550 e. The van der Waals surface area contributed by atoms with E-state index >= 15 is 0 Å². The number of benzene rings is 1. The van der Waals surface area contributed by atoms with Crippen molar-refractivity contribution < 1.29 is 19.8 Å². The number of carboxylic acid groups (broad SMARTS) is 1. The number of nitrogens with one attached hydrogen (secondary N) is 1. The molecule has 0 spiro atoms. The molecule has 0 saturated heterocycles. The predicted molar refractivity (Wildman–Crippen MR) is 51.0 cm³/mol. The zero-order chi connectivity index (χ0) is 11.3. The number of carbonyl (C=O) groups is 2. The van der Waals surface area contributed by atoms with Crippen LogP contribution in [-0.4, -0.2) is 17.0 Å². The van der Waals surface area contributed by atoms with Crippen molar-refractivity contribution in [3.63, 3.8) is 0 Å². The van der Waals surface area contributed by atoms with Gasteiger partial charge in [0.2, 0.25) is 5.91 Å². The molecule has 5 heteroatoms. The van der Waals surface area contributed by atoms with Gasteiger partial charge in [-0.1, -0.05) is 0 Å². The number of phenolic OH excluding ortho intramolecular Hbond substituents is 1. The second-order valence-corrected chi connectivity index (χ2v) is 2.97. The van der Waals surface area contributed by atoms with Crippen LogP contribution in [0.1, 0.15) is 12.8 Å². The Morgan fingerprint density at radius 3 is 2.33 bits per heavy atom. The normalized spacial score (nSPS) is 9.60. The average molecular weight is 208 g/mol. The van der Waals surface area contributed by atoms with E-state index in [9.17, 15) is 14.7 Å². The second kappa shape index (κ2) is 4.99. The minimum Gasteiger partial charge on any atom is -0.550 e. The summed E-state index contributed by atoms with van der Waals surface area (Å²) in [6, 6.07) is 5.89. The standard InChI is InChI=1S/C10H11NO4/c12-8-3-1-7(2-4-8)11-9(13)5-6-10(14)15/h1-4,12H,5-6H2,(H,11,13)(H,14,15)/p-1. The zero-order valence-electron chi connectivity index (χ0n) is 7.90. The summed E-state index contributed by atoms with van der Waals surface area (Å²) in [6.45, 7) is 0. The quantitative estimate of drug-likeness (QED) is 0.674. The van der Waals surface area contributed by atoms with Crippen molar-refractivity contribution in [1.82, 2.24) is 0 Å². The highest BCUT2D eigenvalue weighted by atomic mass is 16.4. The average Bonchev–Trinajstić information content (AvgIpc) is 2.19. The van der Waals surface area contributed by atoms with E-state index in [2.05, 4.69) is 5.32 Å². The SMILES string of the molecule is O=C([O-])CCC(=O)Nc1ccc(O)cc1. The lowest BCUT2D eigenvalue weighted by Crippen LogP contribution is -2.24. The van der Waals surface area contributed by atoms with Crippen LogP contribution >= 0.6 is 0 Å². The van der Waals surface area contributed by atoms with Gasteiger partial charge in [0.15, 0.2) is 0 Å². The minimum absolute atomic E-state index is 0.0998. The number of phenols is 1. The first kappa shape index (κ1) is 11.0. The molecule has 5 nitrogen and oxygen atoms in total. The Labute approximate surface area is 86.4 Å². The molecular weight excluding hydrogens is 198 g/mol. The molecule has 0 unspecified atom stereocenters. The van der Waals surface area contributed by atoms with Crippen molar-refractivity contribution in [3.05, 3.63) is 24.3 Å². The number of amides is 1. The number of anilines is 1. The van der Waals surface area contributed by atoms with E-state index in [1.165, 1.54) is 24.3 Å². The first-order valence-electron chi connectivity index (χ1n) is 4.36. The molecule has 1 aromatic carbocycles. The number of carboxylic acids is 1. The number of rotatable bonds is 4. The van der Waals surface area contributed by atoms with Crippen LogP contribution in [0.5, 0.6) is 5.75 Å². The molecule has 1 rings (SSSR count). The molecule has 0 fully saturated rings. The number of hydrogen-bond donors (Lipinski definition) is 2. The maximum atomic E-state index is 11.1. The lowest BCUT2D eigenvalue weighted by Gasteiger charge is -2.05. The Morgan fingerprint density at radius 1 is 1.20 bits per heavy atom. The summed E-state index contributed by atoms with van der Waals surface area (Å²) in [5.74, 6) is -1.55. The highest BCUT2D eigenvalue weighted by Gasteiger charge is 2.01. The van der Waals surface area contributed by atoms with Crippen molar-refractivity contribution in [1.29, 1.82) is 0 Å². The van der Waals surface area contributed by atoms with Gasteiger partial charge in [-0.2, -0.15) is 0 Å². The van der Waals surface area contributed by atoms with E-state index in [0.29, 0.717) is 5.69 Å². The van der Waals surface area contributed by atoms with Crippen molar-refractivity contribution in [2.45, 2.75) is 12.8 Å². The third-order valence-corrected chi connectivity index (χ3v) is 1.71. The fourth-order valence-corrected chi connectivity index (χ4v) is 0.984. The Bertz CT molecular complexity index is 358. The van der Waals surface area contributed by atoms with Gasteiger partial charge in [-0.15, -0.1) is 0 Å². The summed E-state index contributed by atoms with van der Waals surface area (Å²) < 4.78 is 0. The monoisotopic (exact) mass is 208 g/mol. The molecular formula is C10H10NO4-. The third-order valence-electron chi connectivity index (χ3n) is 1.71. The Balaban J connectivity index is 2.44. The second-order valence-electron chi connectivity index (χ2n) is 2.97. The van der Waals surface area contributed by atoms with Crippen LogP contribution in [0.25, 0.3) is 0 Å². The third kappa shape index (κ3) is 4.12. The minimum atomic E-state index is -1.25. The van der Waals surface area contributed by atoms with Crippen LogP contribution < -0.4 is 10.4 Å². The molecule has 0 bridgehead atoms. The van der Waals surface area contributed by atoms with E-state index in [1.807, 2.05) is 0 Å². The van der Waals surface area contributed by atoms with Gasteiger partial charge in [-0.25, -0.2) is 0 Å². The molecule has 0 atom stereocenters. The van der Waals surface area contributed by atoms with Gasteiger partial charge in [0.25, 0.3) is 0 Å². The van der Waals surface area contributed by atoms with Crippen LogP contribution in [0, 0.1) is 0 Å². The molecule has 1 aromatic rings. The Kier molecular flexibility index (Phi) is 3.68. The molecule has 0 saturated carbocycles. The smallest absolute Gasteiger partial charge is 0.224 e. The number of carbonyl (C=O) groups excluding carboxylic acids is 2. The van der Waals surface area contributed by atoms with Gasteiger partial charge in [0.1, 0.15) is 5.75 Å². The lowest BCUT2D eigenvalue weighted by molar-refractivity contribution is -0.305. The first-order chi connectivity index (χ1) is 7.08. The van der Waals surface area contributed by atoms with Gasteiger partial charge in [0, 0.05) is 18.1 Å². The van der Waals surface area contributed by atoms with Gasteiger partial charge in [-0.05, 0) is 30.7 Å². The van der Waals surface area contributed by atoms with Crippen LogP contribution in [-0.2, 0) is 9.59 Å². The summed E-state index contributed by atoms with van der Waals surface area (Å²) in [4.78, 5) is 21.2. The molecule has 80 valence electrons. The van der Waals surface area contributed by atoms with Gasteiger partial charge >= 0.3 is 0 Å². The Hall–Kier alpha value is -2.04. The molecule has 15 heavy (non-hydrogen) atoms. The van der Waals surface area contributed by atoms with Crippen LogP contribution in [0.4, 0.5) is 5.69 Å². The van der Waals surface area contributed by atoms with Crippen LogP contribution in [0.3, 0.4) is 0 Å². The molecule has 0 aliphatic rings. The van der Waals surface area contributed by atoms with E-state index in [4.69, 9.17) is 5.11 Å². The van der Waals surface area contributed by atoms with Crippen LogP contribution in [0.2, 0.25) is 0 Å². The van der Waals surface area contributed by atoms with Gasteiger partial charge < -0.3 is 20.3 Å². The molecule has 1 amide bonds. The lowest BCUT2D eigenvalue weighted by atomic mass is 10.2. The van der Waals surface area contributed by atoms with E-state index < -0.39 is 11.9 Å². The maximum absolute atomic E-state index is 11.1. The first-order valence-corrected chi connectivity index (χ1v) is 4.36.